The smallest absolute Gasteiger partial charge is 0.193 e. The van der Waals surface area contributed by atoms with E-state index in [-0.39, 0.29) is 6.61 Å². The topological polar surface area (TPSA) is 51.1 Å². The zero-order valence-electron chi connectivity index (χ0n) is 18.2. The van der Waals surface area contributed by atoms with Crippen LogP contribution in [0.2, 0.25) is 0 Å². The number of aliphatic hydroxyl groups is 1. The van der Waals surface area contributed by atoms with Crippen molar-refractivity contribution >= 4 is 11.6 Å². The summed E-state index contributed by atoms with van der Waals surface area (Å²) >= 11 is 0. The normalized spacial score (nSPS) is 16.1. The van der Waals surface area contributed by atoms with Gasteiger partial charge in [0.15, 0.2) is 5.96 Å². The largest absolute Gasteiger partial charge is 0.396 e. The van der Waals surface area contributed by atoms with Crippen molar-refractivity contribution in [1.29, 1.82) is 0 Å². The standard InChI is InChI=1S/C23H40N4O/c1-4-9-20(14-17-28)18-25-23(24-5-2)26(3)19-21-10-12-22(13-11-21)27-15-7-6-8-16-27/h10-13,20,28H,4-9,14-19H2,1-3H3,(H,24,25). The quantitative estimate of drug-likeness (QED) is 0.472. The van der Waals surface area contributed by atoms with E-state index in [1.54, 1.807) is 0 Å². The van der Waals surface area contributed by atoms with Crippen LogP contribution in [0.4, 0.5) is 5.69 Å². The van der Waals surface area contributed by atoms with Gasteiger partial charge in [-0.25, -0.2) is 0 Å². The summed E-state index contributed by atoms with van der Waals surface area (Å²) in [6.07, 6.45) is 7.06. The molecule has 0 aromatic heterocycles. The molecule has 1 aliphatic heterocycles. The molecular weight excluding hydrogens is 348 g/mol. The SMILES string of the molecule is CCCC(CCO)CN=C(NCC)N(C)Cc1ccc(N2CCCCC2)cc1. The van der Waals surface area contributed by atoms with Crippen molar-refractivity contribution in [3.63, 3.8) is 0 Å². The lowest BCUT2D eigenvalue weighted by molar-refractivity contribution is 0.253. The highest BCUT2D eigenvalue weighted by Gasteiger charge is 2.12. The van der Waals surface area contributed by atoms with Gasteiger partial charge in [-0.1, -0.05) is 25.5 Å². The lowest BCUT2D eigenvalue weighted by atomic mass is 10.0. The monoisotopic (exact) mass is 388 g/mol. The first-order valence-corrected chi connectivity index (χ1v) is 11.1. The molecule has 1 aliphatic rings. The van der Waals surface area contributed by atoms with E-state index in [4.69, 9.17) is 4.99 Å². The van der Waals surface area contributed by atoms with Crippen molar-refractivity contribution in [3.05, 3.63) is 29.8 Å². The summed E-state index contributed by atoms with van der Waals surface area (Å²) in [6, 6.07) is 9.01. The first-order chi connectivity index (χ1) is 13.7. The number of hydrogen-bond donors (Lipinski definition) is 2. The van der Waals surface area contributed by atoms with Crippen LogP contribution >= 0.6 is 0 Å². The van der Waals surface area contributed by atoms with Gasteiger partial charge >= 0.3 is 0 Å². The van der Waals surface area contributed by atoms with Gasteiger partial charge in [0.05, 0.1) is 0 Å². The van der Waals surface area contributed by atoms with Crippen LogP contribution in [0.25, 0.3) is 0 Å². The highest BCUT2D eigenvalue weighted by atomic mass is 16.3. The van der Waals surface area contributed by atoms with Crippen molar-refractivity contribution in [2.24, 2.45) is 10.9 Å². The molecule has 158 valence electrons. The fourth-order valence-corrected chi connectivity index (χ4v) is 3.92. The van der Waals surface area contributed by atoms with E-state index in [1.165, 1.54) is 43.6 Å². The van der Waals surface area contributed by atoms with Crippen molar-refractivity contribution in [2.45, 2.75) is 58.9 Å². The summed E-state index contributed by atoms with van der Waals surface area (Å²) in [5, 5.41) is 12.7. The molecule has 0 radical (unpaired) electrons. The molecule has 1 saturated heterocycles. The second kappa shape index (κ2) is 12.7. The summed E-state index contributed by atoms with van der Waals surface area (Å²) < 4.78 is 0. The van der Waals surface area contributed by atoms with Gasteiger partial charge in [-0.3, -0.25) is 4.99 Å². The van der Waals surface area contributed by atoms with Gasteiger partial charge in [-0.05, 0) is 62.6 Å². The third-order valence-corrected chi connectivity index (χ3v) is 5.51. The number of guanidine groups is 1. The Kier molecular flexibility index (Phi) is 10.2. The second-order valence-corrected chi connectivity index (χ2v) is 7.93. The number of piperidine rings is 1. The lowest BCUT2D eigenvalue weighted by Gasteiger charge is -2.29. The van der Waals surface area contributed by atoms with Crippen molar-refractivity contribution in [1.82, 2.24) is 10.2 Å². The maximum atomic E-state index is 9.27. The average Bonchev–Trinajstić information content (AvgIpc) is 2.72. The number of nitrogens with zero attached hydrogens (tertiary/aromatic N) is 3. The Balaban J connectivity index is 1.96. The van der Waals surface area contributed by atoms with E-state index < -0.39 is 0 Å². The minimum atomic E-state index is 0.246. The Morgan fingerprint density at radius 3 is 2.46 bits per heavy atom. The molecule has 1 aromatic rings. The molecule has 1 heterocycles. The Hall–Kier alpha value is -1.75. The van der Waals surface area contributed by atoms with Crippen LogP contribution in [0.15, 0.2) is 29.3 Å². The molecule has 0 spiro atoms. The van der Waals surface area contributed by atoms with E-state index in [2.05, 4.69) is 60.3 Å². The minimum absolute atomic E-state index is 0.246. The predicted molar refractivity (Wildman–Crippen MR) is 120 cm³/mol. The first-order valence-electron chi connectivity index (χ1n) is 11.1. The molecule has 1 aromatic carbocycles. The Morgan fingerprint density at radius 1 is 1.14 bits per heavy atom. The van der Waals surface area contributed by atoms with E-state index >= 15 is 0 Å². The zero-order valence-corrected chi connectivity index (χ0v) is 18.2. The molecule has 0 bridgehead atoms. The highest BCUT2D eigenvalue weighted by molar-refractivity contribution is 5.79. The molecule has 0 aliphatic carbocycles. The fraction of sp³-hybridized carbons (Fsp3) is 0.696. The van der Waals surface area contributed by atoms with Gasteiger partial charge in [-0.2, -0.15) is 0 Å². The summed E-state index contributed by atoms with van der Waals surface area (Å²) in [5.74, 6) is 1.41. The number of hydrogen-bond acceptors (Lipinski definition) is 3. The van der Waals surface area contributed by atoms with Crippen molar-refractivity contribution < 1.29 is 5.11 Å². The molecule has 2 N–H and O–H groups in total. The molecule has 1 fully saturated rings. The minimum Gasteiger partial charge on any atom is -0.396 e. The Bertz CT molecular complexity index is 560. The van der Waals surface area contributed by atoms with Crippen LogP contribution in [0.5, 0.6) is 0 Å². The highest BCUT2D eigenvalue weighted by Crippen LogP contribution is 2.20. The number of benzene rings is 1. The van der Waals surface area contributed by atoms with Crippen LogP contribution in [0.3, 0.4) is 0 Å². The van der Waals surface area contributed by atoms with Crippen molar-refractivity contribution in [3.8, 4) is 0 Å². The van der Waals surface area contributed by atoms with Crippen LogP contribution in [0.1, 0.15) is 57.9 Å². The van der Waals surface area contributed by atoms with Crippen LogP contribution in [-0.4, -0.2) is 55.8 Å². The Morgan fingerprint density at radius 2 is 1.86 bits per heavy atom. The molecule has 1 atom stereocenters. The summed E-state index contributed by atoms with van der Waals surface area (Å²) in [5.41, 5.74) is 2.65. The number of rotatable bonds is 10. The third-order valence-electron chi connectivity index (χ3n) is 5.51. The molecule has 1 unspecified atom stereocenters. The summed E-state index contributed by atoms with van der Waals surface area (Å²) in [4.78, 5) is 9.54. The molecule has 0 amide bonds. The van der Waals surface area contributed by atoms with E-state index in [0.717, 1.165) is 44.9 Å². The predicted octanol–water partition coefficient (Wildman–Crippen LogP) is 3.87. The number of aliphatic imine (C=N–C) groups is 1. The maximum absolute atomic E-state index is 9.27. The van der Waals surface area contributed by atoms with Gasteiger partial charge in [0.25, 0.3) is 0 Å². The van der Waals surface area contributed by atoms with Crippen molar-refractivity contribution in [2.75, 3.05) is 44.7 Å². The van der Waals surface area contributed by atoms with E-state index in [1.807, 2.05) is 0 Å². The fourth-order valence-electron chi connectivity index (χ4n) is 3.92. The van der Waals surface area contributed by atoms with E-state index in [9.17, 15) is 5.11 Å². The average molecular weight is 389 g/mol. The molecule has 5 heteroatoms. The summed E-state index contributed by atoms with van der Waals surface area (Å²) in [7, 11) is 2.10. The summed E-state index contributed by atoms with van der Waals surface area (Å²) in [6.45, 7) is 9.38. The number of nitrogens with one attached hydrogen (secondary N) is 1. The van der Waals surface area contributed by atoms with Crippen LogP contribution in [0, 0.1) is 5.92 Å². The van der Waals surface area contributed by atoms with Gasteiger partial charge in [0, 0.05) is 52.1 Å². The van der Waals surface area contributed by atoms with E-state index in [0.29, 0.717) is 5.92 Å². The van der Waals surface area contributed by atoms with Crippen LogP contribution < -0.4 is 10.2 Å². The molecule has 2 rings (SSSR count). The molecule has 28 heavy (non-hydrogen) atoms. The van der Waals surface area contributed by atoms with Crippen LogP contribution in [-0.2, 0) is 6.54 Å². The first kappa shape index (κ1) is 22.5. The van der Waals surface area contributed by atoms with Gasteiger partial charge in [0.1, 0.15) is 0 Å². The molecule has 0 saturated carbocycles. The number of aliphatic hydroxyl groups excluding tert-OH is 1. The molecular formula is C23H40N4O. The van der Waals surface area contributed by atoms with Gasteiger partial charge in [0.2, 0.25) is 0 Å². The Labute approximate surface area is 171 Å². The maximum Gasteiger partial charge on any atom is 0.193 e. The number of anilines is 1. The van der Waals surface area contributed by atoms with Gasteiger partial charge < -0.3 is 20.2 Å². The zero-order chi connectivity index (χ0) is 20.2. The second-order valence-electron chi connectivity index (χ2n) is 7.93. The third kappa shape index (κ3) is 7.34. The lowest BCUT2D eigenvalue weighted by Crippen LogP contribution is -2.38. The van der Waals surface area contributed by atoms with Gasteiger partial charge in [-0.15, -0.1) is 0 Å². The molecule has 5 nitrogen and oxygen atoms in total.